The largest absolute Gasteiger partial charge is 0.378 e. The number of rotatable bonds is 6. The number of ether oxygens (including phenoxy) is 1. The van der Waals surface area contributed by atoms with Crippen molar-refractivity contribution in [3.05, 3.63) is 0 Å². The average molecular weight is 282 g/mol. The summed E-state index contributed by atoms with van der Waals surface area (Å²) in [6.07, 6.45) is 6.83. The Morgan fingerprint density at radius 2 is 2.00 bits per heavy atom. The van der Waals surface area contributed by atoms with E-state index < -0.39 is 0 Å². The lowest BCUT2D eigenvalue weighted by molar-refractivity contribution is -0.0362. The van der Waals surface area contributed by atoms with Gasteiger partial charge in [0.25, 0.3) is 0 Å². The van der Waals surface area contributed by atoms with Crippen LogP contribution in [0.3, 0.4) is 0 Å². The summed E-state index contributed by atoms with van der Waals surface area (Å²) in [6.45, 7) is 13.5. The lowest BCUT2D eigenvalue weighted by Gasteiger charge is -2.46. The van der Waals surface area contributed by atoms with E-state index in [4.69, 9.17) is 4.74 Å². The fourth-order valence-corrected chi connectivity index (χ4v) is 3.86. The highest BCUT2D eigenvalue weighted by Crippen LogP contribution is 2.39. The van der Waals surface area contributed by atoms with Gasteiger partial charge in [-0.15, -0.1) is 0 Å². The van der Waals surface area contributed by atoms with Crippen LogP contribution in [-0.4, -0.2) is 50.3 Å². The first kappa shape index (κ1) is 16.3. The van der Waals surface area contributed by atoms with E-state index in [-0.39, 0.29) is 0 Å². The van der Waals surface area contributed by atoms with Crippen LogP contribution in [0, 0.1) is 11.3 Å². The fourth-order valence-electron chi connectivity index (χ4n) is 3.86. The smallest absolute Gasteiger partial charge is 0.0622 e. The Morgan fingerprint density at radius 1 is 1.25 bits per heavy atom. The van der Waals surface area contributed by atoms with E-state index in [0.717, 1.165) is 32.2 Å². The van der Waals surface area contributed by atoms with Crippen molar-refractivity contribution in [2.75, 3.05) is 39.4 Å². The molecule has 1 unspecified atom stereocenters. The number of nitrogens with zero attached hydrogens (tertiary/aromatic N) is 1. The number of morpholine rings is 1. The van der Waals surface area contributed by atoms with Crippen LogP contribution in [0.5, 0.6) is 0 Å². The van der Waals surface area contributed by atoms with Crippen molar-refractivity contribution in [2.45, 2.75) is 58.9 Å². The molecule has 0 amide bonds. The maximum absolute atomic E-state index is 5.67. The van der Waals surface area contributed by atoms with Gasteiger partial charge in [-0.2, -0.15) is 0 Å². The average Bonchev–Trinajstić information content (AvgIpc) is 2.49. The second-order valence-corrected chi connectivity index (χ2v) is 7.07. The van der Waals surface area contributed by atoms with Crippen molar-refractivity contribution in [3.8, 4) is 0 Å². The van der Waals surface area contributed by atoms with Crippen LogP contribution in [0.15, 0.2) is 0 Å². The zero-order chi connectivity index (χ0) is 14.4. The van der Waals surface area contributed by atoms with Gasteiger partial charge in [-0.1, -0.05) is 33.6 Å². The van der Waals surface area contributed by atoms with Gasteiger partial charge in [-0.05, 0) is 37.1 Å². The minimum Gasteiger partial charge on any atom is -0.378 e. The van der Waals surface area contributed by atoms with Gasteiger partial charge in [0.15, 0.2) is 0 Å². The Morgan fingerprint density at radius 3 is 2.65 bits per heavy atom. The number of hydrogen-bond donors (Lipinski definition) is 1. The summed E-state index contributed by atoms with van der Waals surface area (Å²) in [4.78, 5) is 2.72. The van der Waals surface area contributed by atoms with Crippen LogP contribution in [0.4, 0.5) is 0 Å². The second-order valence-electron chi connectivity index (χ2n) is 7.07. The standard InChI is InChI=1S/C17H34N2O/c1-4-16-12-20-11-10-19(16)14-17(13-18-5-2)8-6-15(3)7-9-17/h15-16,18H,4-14H2,1-3H3. The highest BCUT2D eigenvalue weighted by Gasteiger charge is 2.37. The highest BCUT2D eigenvalue weighted by atomic mass is 16.5. The van der Waals surface area contributed by atoms with E-state index in [9.17, 15) is 0 Å². The third-order valence-electron chi connectivity index (χ3n) is 5.44. The van der Waals surface area contributed by atoms with Crippen LogP contribution in [0.25, 0.3) is 0 Å². The van der Waals surface area contributed by atoms with Crippen molar-refractivity contribution < 1.29 is 4.74 Å². The molecule has 0 aromatic rings. The van der Waals surface area contributed by atoms with Gasteiger partial charge in [0.1, 0.15) is 0 Å². The third kappa shape index (κ3) is 4.19. The molecule has 1 saturated heterocycles. The van der Waals surface area contributed by atoms with Gasteiger partial charge in [0.05, 0.1) is 13.2 Å². The van der Waals surface area contributed by atoms with Crippen LogP contribution < -0.4 is 5.32 Å². The molecule has 1 saturated carbocycles. The molecule has 0 aromatic carbocycles. The first-order chi connectivity index (χ1) is 9.69. The lowest BCUT2D eigenvalue weighted by Crippen LogP contribution is -2.53. The number of hydrogen-bond acceptors (Lipinski definition) is 3. The maximum atomic E-state index is 5.67. The Labute approximate surface area is 125 Å². The predicted molar refractivity (Wildman–Crippen MR) is 85.1 cm³/mol. The zero-order valence-electron chi connectivity index (χ0n) is 13.8. The van der Waals surface area contributed by atoms with Crippen molar-refractivity contribution in [1.29, 1.82) is 0 Å². The topological polar surface area (TPSA) is 24.5 Å². The summed E-state index contributed by atoms with van der Waals surface area (Å²) in [5.74, 6) is 0.927. The fraction of sp³-hybridized carbons (Fsp3) is 1.00. The first-order valence-electron chi connectivity index (χ1n) is 8.71. The molecular weight excluding hydrogens is 248 g/mol. The summed E-state index contributed by atoms with van der Waals surface area (Å²) in [5, 5.41) is 3.64. The maximum Gasteiger partial charge on any atom is 0.0622 e. The minimum absolute atomic E-state index is 0.507. The van der Waals surface area contributed by atoms with Gasteiger partial charge in [0.2, 0.25) is 0 Å². The van der Waals surface area contributed by atoms with Gasteiger partial charge < -0.3 is 10.1 Å². The molecule has 0 bridgehead atoms. The Balaban J connectivity index is 1.98. The van der Waals surface area contributed by atoms with Crippen LogP contribution in [0.2, 0.25) is 0 Å². The minimum atomic E-state index is 0.507. The molecule has 1 N–H and O–H groups in total. The molecule has 3 heteroatoms. The number of nitrogens with one attached hydrogen (secondary N) is 1. The monoisotopic (exact) mass is 282 g/mol. The van der Waals surface area contributed by atoms with Gasteiger partial charge in [0, 0.05) is 25.7 Å². The van der Waals surface area contributed by atoms with Crippen molar-refractivity contribution in [2.24, 2.45) is 11.3 Å². The highest BCUT2D eigenvalue weighted by molar-refractivity contribution is 4.91. The Hall–Kier alpha value is -0.120. The normalized spacial score (nSPS) is 36.1. The van der Waals surface area contributed by atoms with E-state index in [0.29, 0.717) is 11.5 Å². The van der Waals surface area contributed by atoms with Crippen molar-refractivity contribution >= 4 is 0 Å². The molecule has 1 heterocycles. The Bertz CT molecular complexity index is 269. The Kier molecular flexibility index (Phi) is 6.31. The molecule has 1 aliphatic heterocycles. The van der Waals surface area contributed by atoms with E-state index in [2.05, 4.69) is 31.0 Å². The van der Waals surface area contributed by atoms with Crippen molar-refractivity contribution in [1.82, 2.24) is 10.2 Å². The quantitative estimate of drug-likeness (QED) is 0.811. The molecule has 0 spiro atoms. The molecule has 3 nitrogen and oxygen atoms in total. The third-order valence-corrected chi connectivity index (χ3v) is 5.44. The van der Waals surface area contributed by atoms with E-state index >= 15 is 0 Å². The molecule has 2 rings (SSSR count). The molecule has 1 atom stereocenters. The molecule has 0 radical (unpaired) electrons. The predicted octanol–water partition coefficient (Wildman–Crippen LogP) is 2.90. The van der Waals surface area contributed by atoms with E-state index in [1.54, 1.807) is 0 Å². The molecule has 20 heavy (non-hydrogen) atoms. The van der Waals surface area contributed by atoms with Crippen LogP contribution in [0.1, 0.15) is 52.9 Å². The van der Waals surface area contributed by atoms with Gasteiger partial charge >= 0.3 is 0 Å². The molecule has 2 fully saturated rings. The van der Waals surface area contributed by atoms with Crippen molar-refractivity contribution in [3.63, 3.8) is 0 Å². The van der Waals surface area contributed by atoms with Crippen LogP contribution >= 0.6 is 0 Å². The first-order valence-corrected chi connectivity index (χ1v) is 8.71. The zero-order valence-corrected chi connectivity index (χ0v) is 13.8. The van der Waals surface area contributed by atoms with E-state index in [1.165, 1.54) is 45.2 Å². The summed E-state index contributed by atoms with van der Waals surface area (Å²) >= 11 is 0. The van der Waals surface area contributed by atoms with Gasteiger partial charge in [-0.25, -0.2) is 0 Å². The summed E-state index contributed by atoms with van der Waals surface area (Å²) in [7, 11) is 0. The van der Waals surface area contributed by atoms with Crippen LogP contribution in [-0.2, 0) is 4.74 Å². The molecule has 118 valence electrons. The SMILES string of the molecule is CCNCC1(CN2CCOCC2CC)CCC(C)CC1. The lowest BCUT2D eigenvalue weighted by atomic mass is 9.70. The molecule has 2 aliphatic rings. The summed E-state index contributed by atoms with van der Waals surface area (Å²) < 4.78 is 5.67. The molecular formula is C17H34N2O. The molecule has 0 aromatic heterocycles. The summed E-state index contributed by atoms with van der Waals surface area (Å²) in [5.41, 5.74) is 0.507. The summed E-state index contributed by atoms with van der Waals surface area (Å²) in [6, 6.07) is 0.640. The van der Waals surface area contributed by atoms with E-state index in [1.807, 2.05) is 0 Å². The molecule has 1 aliphatic carbocycles. The second kappa shape index (κ2) is 7.77. The van der Waals surface area contributed by atoms with Gasteiger partial charge in [-0.3, -0.25) is 4.90 Å².